The molecule has 1 unspecified atom stereocenters. The van der Waals surface area contributed by atoms with Crippen LogP contribution in [0, 0.1) is 5.41 Å². The lowest BCUT2D eigenvalue weighted by Gasteiger charge is -2.28. The molecular weight excluding hydrogens is 361 g/mol. The Morgan fingerprint density at radius 1 is 1.14 bits per heavy atom. The van der Waals surface area contributed by atoms with E-state index < -0.39 is 18.7 Å². The number of phenolic OH excluding ortho intramolecular Hbond substituents is 1. The van der Waals surface area contributed by atoms with Gasteiger partial charge in [-0.1, -0.05) is 31.4 Å². The highest BCUT2D eigenvalue weighted by Gasteiger charge is 2.47. The molecule has 0 spiro atoms. The highest BCUT2D eigenvalue weighted by molar-refractivity contribution is 6.40. The third kappa shape index (κ3) is 6.22. The van der Waals surface area contributed by atoms with Gasteiger partial charge in [0.25, 0.3) is 0 Å². The second kappa shape index (κ2) is 10.4. The Hall–Kier alpha value is -2.10. The first-order valence-electron chi connectivity index (χ1n) is 9.82. The zero-order valence-corrected chi connectivity index (χ0v) is 16.1. The van der Waals surface area contributed by atoms with Crippen molar-refractivity contribution in [2.45, 2.75) is 57.4 Å². The molecule has 1 aromatic rings. The molecule has 1 aliphatic carbocycles. The maximum absolute atomic E-state index is 12.8. The second-order valence-corrected chi connectivity index (χ2v) is 7.45. The van der Waals surface area contributed by atoms with E-state index in [9.17, 15) is 14.7 Å². The highest BCUT2D eigenvalue weighted by atomic mass is 16.4. The van der Waals surface area contributed by atoms with Gasteiger partial charge in [-0.15, -0.1) is 0 Å². The van der Waals surface area contributed by atoms with Crippen molar-refractivity contribution in [1.82, 2.24) is 10.6 Å². The van der Waals surface area contributed by atoms with Crippen LogP contribution < -0.4 is 16.4 Å². The number of phenols is 1. The molecule has 2 rings (SSSR count). The van der Waals surface area contributed by atoms with E-state index in [1.165, 1.54) is 0 Å². The van der Waals surface area contributed by atoms with Gasteiger partial charge in [0.1, 0.15) is 11.2 Å². The number of aromatic hydroxyl groups is 1. The largest absolute Gasteiger partial charge is 0.508 e. The molecule has 154 valence electrons. The van der Waals surface area contributed by atoms with Crippen LogP contribution in [0.25, 0.3) is 0 Å². The lowest BCUT2D eigenvalue weighted by atomic mass is 9.82. The van der Waals surface area contributed by atoms with Gasteiger partial charge < -0.3 is 31.5 Å². The summed E-state index contributed by atoms with van der Waals surface area (Å²) in [7, 11) is -1.39. The molecule has 1 aromatic carbocycles. The quantitative estimate of drug-likeness (QED) is 0.192. The molecule has 9 heteroatoms. The van der Waals surface area contributed by atoms with Crippen molar-refractivity contribution in [1.29, 1.82) is 0 Å². The summed E-state index contributed by atoms with van der Waals surface area (Å²) < 4.78 is 0. The number of amides is 2. The fraction of sp³-hybridized carbons (Fsp3) is 0.579. The van der Waals surface area contributed by atoms with Crippen molar-refractivity contribution in [3.63, 3.8) is 0 Å². The number of hydrogen-bond donors (Lipinski definition) is 6. The molecule has 0 radical (unpaired) electrons. The van der Waals surface area contributed by atoms with Crippen LogP contribution in [-0.2, 0) is 16.0 Å². The van der Waals surface area contributed by atoms with Gasteiger partial charge in [-0.2, -0.15) is 0 Å². The van der Waals surface area contributed by atoms with Gasteiger partial charge in [0.2, 0.25) is 11.8 Å². The van der Waals surface area contributed by atoms with E-state index in [4.69, 9.17) is 15.8 Å². The summed E-state index contributed by atoms with van der Waals surface area (Å²) in [4.78, 5) is 25.6. The van der Waals surface area contributed by atoms with Gasteiger partial charge >= 0.3 is 7.12 Å². The van der Waals surface area contributed by atoms with Crippen molar-refractivity contribution < 1.29 is 24.7 Å². The topological polar surface area (TPSA) is 145 Å². The Labute approximate surface area is 165 Å². The molecule has 0 heterocycles. The highest BCUT2D eigenvalue weighted by Crippen LogP contribution is 2.38. The van der Waals surface area contributed by atoms with Crippen LogP contribution >= 0.6 is 0 Å². The number of nitrogens with one attached hydrogen (secondary N) is 2. The lowest BCUT2D eigenvalue weighted by molar-refractivity contribution is -0.143. The van der Waals surface area contributed by atoms with Crippen molar-refractivity contribution in [2.75, 3.05) is 6.54 Å². The van der Waals surface area contributed by atoms with Crippen LogP contribution in [0.3, 0.4) is 0 Å². The van der Waals surface area contributed by atoms with Crippen LogP contribution in [0.15, 0.2) is 24.3 Å². The monoisotopic (exact) mass is 391 g/mol. The van der Waals surface area contributed by atoms with Gasteiger partial charge in [-0.25, -0.2) is 0 Å². The summed E-state index contributed by atoms with van der Waals surface area (Å²) in [5, 5.41) is 32.7. The van der Waals surface area contributed by atoms with E-state index in [-0.39, 0.29) is 23.9 Å². The van der Waals surface area contributed by atoms with Crippen molar-refractivity contribution in [2.24, 2.45) is 11.1 Å². The fourth-order valence-electron chi connectivity index (χ4n) is 3.59. The molecule has 2 amide bonds. The summed E-state index contributed by atoms with van der Waals surface area (Å²) >= 11 is 0. The smallest absolute Gasteiger partial charge is 0.451 e. The first-order chi connectivity index (χ1) is 13.3. The fourth-order valence-corrected chi connectivity index (χ4v) is 3.59. The Morgan fingerprint density at radius 2 is 1.79 bits per heavy atom. The molecule has 1 fully saturated rings. The number of rotatable bonds is 10. The number of carbonyl (C=O) groups excluding carboxylic acids is 2. The minimum atomic E-state index is -1.39. The van der Waals surface area contributed by atoms with Crippen molar-refractivity contribution in [3.8, 4) is 5.75 Å². The van der Waals surface area contributed by atoms with Gasteiger partial charge in [-0.3, -0.25) is 9.59 Å². The summed E-state index contributed by atoms with van der Waals surface area (Å²) in [6.45, 7) is 0.402. The Morgan fingerprint density at radius 3 is 2.39 bits per heavy atom. The van der Waals surface area contributed by atoms with Gasteiger partial charge in [-0.05, 0) is 49.7 Å². The third-order valence-electron chi connectivity index (χ3n) is 5.26. The Balaban J connectivity index is 1.87. The van der Waals surface area contributed by atoms with E-state index in [2.05, 4.69) is 10.6 Å². The van der Waals surface area contributed by atoms with Gasteiger partial charge in [0.05, 0.1) is 6.17 Å². The average Bonchev–Trinajstić information content (AvgIpc) is 3.14. The number of benzene rings is 1. The summed E-state index contributed by atoms with van der Waals surface area (Å²) in [5.74, 6) is -0.442. The van der Waals surface area contributed by atoms with Crippen LogP contribution in [0.4, 0.5) is 0 Å². The minimum Gasteiger partial charge on any atom is -0.508 e. The zero-order chi connectivity index (χ0) is 20.6. The van der Waals surface area contributed by atoms with Crippen molar-refractivity contribution >= 4 is 18.9 Å². The molecule has 1 saturated carbocycles. The molecule has 28 heavy (non-hydrogen) atoms. The summed E-state index contributed by atoms with van der Waals surface area (Å²) in [6.07, 6.45) is 3.63. The Bertz CT molecular complexity index is 647. The molecule has 0 bridgehead atoms. The van der Waals surface area contributed by atoms with Gasteiger partial charge in [0, 0.05) is 6.54 Å². The van der Waals surface area contributed by atoms with Crippen LogP contribution in [0.1, 0.15) is 44.1 Å². The van der Waals surface area contributed by atoms with Gasteiger partial charge in [0.15, 0.2) is 0 Å². The maximum Gasteiger partial charge on any atom is 0.451 e. The predicted octanol–water partition coefficient (Wildman–Crippen LogP) is 0.265. The summed E-state index contributed by atoms with van der Waals surface area (Å²) in [6, 6.07) is 6.78. The first-order valence-corrected chi connectivity index (χ1v) is 9.82. The summed E-state index contributed by atoms with van der Waals surface area (Å²) in [5.41, 5.74) is 5.82. The van der Waals surface area contributed by atoms with E-state index in [1.54, 1.807) is 24.3 Å². The maximum atomic E-state index is 12.8. The average molecular weight is 391 g/mol. The number of nitrogens with two attached hydrogens (primary N) is 1. The molecule has 7 N–H and O–H groups in total. The molecule has 0 saturated heterocycles. The normalized spacial score (nSPS) is 16.4. The van der Waals surface area contributed by atoms with Crippen LogP contribution in [-0.4, -0.2) is 46.8 Å². The molecule has 8 nitrogen and oxygen atoms in total. The predicted molar refractivity (Wildman–Crippen MR) is 106 cm³/mol. The minimum absolute atomic E-state index is 0.187. The first kappa shape index (κ1) is 22.2. The molecule has 0 aromatic heterocycles. The molecule has 0 aliphatic heterocycles. The second-order valence-electron chi connectivity index (χ2n) is 7.45. The SMILES string of the molecule is NC(CCCB(O)O)NC(=O)C1(C(=O)NCCc2ccc(O)cc2)CCCC1. The van der Waals surface area contributed by atoms with E-state index >= 15 is 0 Å². The zero-order valence-electron chi connectivity index (χ0n) is 16.1. The van der Waals surface area contributed by atoms with E-state index in [0.717, 1.165) is 18.4 Å². The third-order valence-corrected chi connectivity index (χ3v) is 5.26. The molecular formula is C19H30BN3O5. The molecule has 1 aliphatic rings. The standard InChI is InChI=1S/C19H30BN3O5/c21-16(4-3-12-20(27)28)23-18(26)19(10-1-2-11-19)17(25)22-13-9-14-5-7-15(24)8-6-14/h5-8,16,24,27-28H,1-4,9-13,21H2,(H,22,25)(H,23,26). The van der Waals surface area contributed by atoms with E-state index in [1.807, 2.05) is 0 Å². The van der Waals surface area contributed by atoms with Crippen LogP contribution in [0.2, 0.25) is 6.32 Å². The molecule has 1 atom stereocenters. The number of hydrogen-bond acceptors (Lipinski definition) is 6. The van der Waals surface area contributed by atoms with Crippen LogP contribution in [0.5, 0.6) is 5.75 Å². The van der Waals surface area contributed by atoms with Crippen molar-refractivity contribution in [3.05, 3.63) is 29.8 Å². The van der Waals surface area contributed by atoms with E-state index in [0.29, 0.717) is 38.6 Å². The number of carbonyl (C=O) groups is 2. The Kier molecular flexibility index (Phi) is 8.28. The lowest BCUT2D eigenvalue weighted by Crippen LogP contribution is -2.54.